The third-order valence-electron chi connectivity index (χ3n) is 3.24. The van der Waals surface area contributed by atoms with E-state index in [1.807, 2.05) is 37.3 Å². The van der Waals surface area contributed by atoms with Gasteiger partial charge in [0.1, 0.15) is 0 Å². The number of benzene rings is 1. The highest BCUT2D eigenvalue weighted by molar-refractivity contribution is 5.32. The van der Waals surface area contributed by atoms with E-state index in [1.54, 1.807) is 0 Å². The molecule has 1 aromatic heterocycles. The monoisotopic (exact) mass is 265 g/mol. The van der Waals surface area contributed by atoms with Gasteiger partial charge in [-0.3, -0.25) is 9.88 Å². The van der Waals surface area contributed by atoms with Crippen molar-refractivity contribution in [3.8, 4) is 6.07 Å². The van der Waals surface area contributed by atoms with Gasteiger partial charge in [0.05, 0.1) is 17.3 Å². The lowest BCUT2D eigenvalue weighted by atomic mass is 10.1. The van der Waals surface area contributed by atoms with Crippen molar-refractivity contribution >= 4 is 0 Å². The molecule has 0 unspecified atom stereocenters. The fourth-order valence-corrected chi connectivity index (χ4v) is 2.19. The number of nitriles is 1. The lowest BCUT2D eigenvalue weighted by Gasteiger charge is -2.20. The second-order valence-corrected chi connectivity index (χ2v) is 4.89. The van der Waals surface area contributed by atoms with Gasteiger partial charge in [0.25, 0.3) is 0 Å². The summed E-state index contributed by atoms with van der Waals surface area (Å²) >= 11 is 0. The SMILES string of the molecule is CCN(Cc1cccc(C#N)c1)Cc1cccc(C)n1. The quantitative estimate of drug-likeness (QED) is 0.833. The standard InChI is InChI=1S/C17H19N3/c1-3-20(13-17-9-4-6-14(2)19-17)12-16-8-5-7-15(10-16)11-18/h4-10H,3,12-13H2,1-2H3. The molecule has 0 saturated heterocycles. The summed E-state index contributed by atoms with van der Waals surface area (Å²) in [5, 5.41) is 8.95. The minimum absolute atomic E-state index is 0.715. The van der Waals surface area contributed by atoms with E-state index in [9.17, 15) is 0 Å². The molecule has 0 radical (unpaired) electrons. The fourth-order valence-electron chi connectivity index (χ4n) is 2.19. The second kappa shape index (κ2) is 6.83. The molecule has 0 bridgehead atoms. The summed E-state index contributed by atoms with van der Waals surface area (Å²) in [5.74, 6) is 0. The normalized spacial score (nSPS) is 10.5. The molecular formula is C17H19N3. The van der Waals surface area contributed by atoms with Gasteiger partial charge in [-0.1, -0.05) is 25.1 Å². The summed E-state index contributed by atoms with van der Waals surface area (Å²) in [6.07, 6.45) is 0. The number of hydrogen-bond acceptors (Lipinski definition) is 3. The van der Waals surface area contributed by atoms with Gasteiger partial charge in [-0.05, 0) is 43.3 Å². The lowest BCUT2D eigenvalue weighted by molar-refractivity contribution is 0.268. The Kier molecular flexibility index (Phi) is 4.86. The number of aryl methyl sites for hydroxylation is 1. The first-order valence-electron chi connectivity index (χ1n) is 6.85. The predicted octanol–water partition coefficient (Wildman–Crippen LogP) is 3.28. The third kappa shape index (κ3) is 3.91. The van der Waals surface area contributed by atoms with Crippen molar-refractivity contribution in [2.24, 2.45) is 0 Å². The first kappa shape index (κ1) is 14.2. The van der Waals surface area contributed by atoms with E-state index in [2.05, 4.69) is 35.0 Å². The van der Waals surface area contributed by atoms with Crippen LogP contribution in [0.15, 0.2) is 42.5 Å². The molecule has 0 aliphatic carbocycles. The van der Waals surface area contributed by atoms with Crippen LogP contribution < -0.4 is 0 Å². The maximum Gasteiger partial charge on any atom is 0.0991 e. The molecule has 2 aromatic rings. The van der Waals surface area contributed by atoms with Gasteiger partial charge in [0, 0.05) is 18.8 Å². The van der Waals surface area contributed by atoms with E-state index in [-0.39, 0.29) is 0 Å². The van der Waals surface area contributed by atoms with Gasteiger partial charge in [-0.25, -0.2) is 0 Å². The van der Waals surface area contributed by atoms with Crippen LogP contribution in [-0.4, -0.2) is 16.4 Å². The molecule has 0 aliphatic rings. The zero-order chi connectivity index (χ0) is 14.4. The second-order valence-electron chi connectivity index (χ2n) is 4.89. The average Bonchev–Trinajstić information content (AvgIpc) is 2.47. The minimum atomic E-state index is 0.715. The van der Waals surface area contributed by atoms with Crippen molar-refractivity contribution in [3.05, 3.63) is 65.0 Å². The van der Waals surface area contributed by atoms with E-state index in [1.165, 1.54) is 5.56 Å². The Balaban J connectivity index is 2.07. The van der Waals surface area contributed by atoms with Gasteiger partial charge >= 0.3 is 0 Å². The summed E-state index contributed by atoms with van der Waals surface area (Å²) in [5.41, 5.74) is 4.01. The molecule has 3 heteroatoms. The Morgan fingerprint density at radius 1 is 1.15 bits per heavy atom. The molecule has 2 rings (SSSR count). The summed E-state index contributed by atoms with van der Waals surface area (Å²) < 4.78 is 0. The van der Waals surface area contributed by atoms with E-state index in [0.29, 0.717) is 5.56 Å². The minimum Gasteiger partial charge on any atom is -0.294 e. The molecule has 102 valence electrons. The smallest absolute Gasteiger partial charge is 0.0991 e. The number of hydrogen-bond donors (Lipinski definition) is 0. The first-order chi connectivity index (χ1) is 9.71. The third-order valence-corrected chi connectivity index (χ3v) is 3.24. The first-order valence-corrected chi connectivity index (χ1v) is 6.85. The van der Waals surface area contributed by atoms with Crippen LogP contribution in [0.1, 0.15) is 29.4 Å². The Morgan fingerprint density at radius 3 is 2.65 bits per heavy atom. The number of rotatable bonds is 5. The summed E-state index contributed by atoms with van der Waals surface area (Å²) in [6, 6.07) is 16.1. The Hall–Kier alpha value is -2.18. The van der Waals surface area contributed by atoms with E-state index in [4.69, 9.17) is 5.26 Å². The van der Waals surface area contributed by atoms with Crippen molar-refractivity contribution in [1.82, 2.24) is 9.88 Å². The summed E-state index contributed by atoms with van der Waals surface area (Å²) in [6.45, 7) is 6.77. The Morgan fingerprint density at radius 2 is 1.95 bits per heavy atom. The Labute approximate surface area is 120 Å². The van der Waals surface area contributed by atoms with Crippen LogP contribution in [0.25, 0.3) is 0 Å². The zero-order valence-electron chi connectivity index (χ0n) is 12.0. The summed E-state index contributed by atoms with van der Waals surface area (Å²) in [7, 11) is 0. The van der Waals surface area contributed by atoms with Crippen LogP contribution in [0.2, 0.25) is 0 Å². The van der Waals surface area contributed by atoms with E-state index >= 15 is 0 Å². The van der Waals surface area contributed by atoms with Crippen LogP contribution in [0, 0.1) is 18.3 Å². The maximum atomic E-state index is 8.95. The number of pyridine rings is 1. The van der Waals surface area contributed by atoms with Gasteiger partial charge in [-0.2, -0.15) is 5.26 Å². The van der Waals surface area contributed by atoms with E-state index in [0.717, 1.165) is 31.0 Å². The van der Waals surface area contributed by atoms with Crippen LogP contribution in [0.3, 0.4) is 0 Å². The highest BCUT2D eigenvalue weighted by Crippen LogP contribution is 2.10. The van der Waals surface area contributed by atoms with Crippen LogP contribution >= 0.6 is 0 Å². The average molecular weight is 265 g/mol. The molecule has 0 fully saturated rings. The highest BCUT2D eigenvalue weighted by atomic mass is 15.1. The molecule has 1 aromatic carbocycles. The van der Waals surface area contributed by atoms with Crippen molar-refractivity contribution in [2.45, 2.75) is 26.9 Å². The largest absolute Gasteiger partial charge is 0.294 e. The van der Waals surface area contributed by atoms with Gasteiger partial charge in [0.2, 0.25) is 0 Å². The molecule has 20 heavy (non-hydrogen) atoms. The topological polar surface area (TPSA) is 39.9 Å². The van der Waals surface area contributed by atoms with Gasteiger partial charge < -0.3 is 0 Å². The molecule has 0 aliphatic heterocycles. The van der Waals surface area contributed by atoms with Crippen LogP contribution in [-0.2, 0) is 13.1 Å². The van der Waals surface area contributed by atoms with Crippen molar-refractivity contribution in [1.29, 1.82) is 5.26 Å². The Bertz CT molecular complexity index is 614. The van der Waals surface area contributed by atoms with Crippen LogP contribution in [0.4, 0.5) is 0 Å². The molecule has 3 nitrogen and oxygen atoms in total. The van der Waals surface area contributed by atoms with Gasteiger partial charge in [-0.15, -0.1) is 0 Å². The summed E-state index contributed by atoms with van der Waals surface area (Å²) in [4.78, 5) is 6.86. The molecule has 0 N–H and O–H groups in total. The maximum absolute atomic E-state index is 8.95. The predicted molar refractivity (Wildman–Crippen MR) is 79.9 cm³/mol. The van der Waals surface area contributed by atoms with Crippen molar-refractivity contribution < 1.29 is 0 Å². The zero-order valence-corrected chi connectivity index (χ0v) is 12.0. The molecule has 0 spiro atoms. The molecule has 0 amide bonds. The number of aromatic nitrogens is 1. The van der Waals surface area contributed by atoms with Crippen LogP contribution in [0.5, 0.6) is 0 Å². The van der Waals surface area contributed by atoms with E-state index < -0.39 is 0 Å². The molecule has 0 saturated carbocycles. The number of nitrogens with zero attached hydrogens (tertiary/aromatic N) is 3. The lowest BCUT2D eigenvalue weighted by Crippen LogP contribution is -2.23. The molecular weight excluding hydrogens is 246 g/mol. The van der Waals surface area contributed by atoms with Crippen molar-refractivity contribution in [2.75, 3.05) is 6.54 Å². The van der Waals surface area contributed by atoms with Crippen molar-refractivity contribution in [3.63, 3.8) is 0 Å². The van der Waals surface area contributed by atoms with Gasteiger partial charge in [0.15, 0.2) is 0 Å². The molecule has 0 atom stereocenters. The molecule has 1 heterocycles. The highest BCUT2D eigenvalue weighted by Gasteiger charge is 2.06. The fraction of sp³-hybridized carbons (Fsp3) is 0.294.